The largest absolute Gasteiger partial charge is 0.339 e. The second kappa shape index (κ2) is 8.30. The van der Waals surface area contributed by atoms with E-state index in [1.165, 1.54) is 0 Å². The minimum absolute atomic E-state index is 0.0601. The molecule has 0 spiro atoms. The number of rotatable bonds is 6. The van der Waals surface area contributed by atoms with Crippen LogP contribution in [0.2, 0.25) is 0 Å². The first kappa shape index (κ1) is 19.0. The van der Waals surface area contributed by atoms with Gasteiger partial charge in [-0.3, -0.25) is 9.69 Å². The van der Waals surface area contributed by atoms with Gasteiger partial charge in [0.05, 0.1) is 11.5 Å². The van der Waals surface area contributed by atoms with Crippen molar-refractivity contribution in [2.24, 2.45) is 0 Å². The number of hydrogen-bond donors (Lipinski definition) is 0. The molecular formula is C17H27N5O3S. The quantitative estimate of drug-likeness (QED) is 0.687. The van der Waals surface area contributed by atoms with E-state index in [0.29, 0.717) is 38.4 Å². The molecule has 0 saturated carbocycles. The number of amides is 1. The van der Waals surface area contributed by atoms with Crippen LogP contribution >= 0.6 is 0 Å². The van der Waals surface area contributed by atoms with E-state index >= 15 is 0 Å². The van der Waals surface area contributed by atoms with Crippen LogP contribution in [0, 0.1) is 0 Å². The van der Waals surface area contributed by atoms with E-state index < -0.39 is 9.84 Å². The van der Waals surface area contributed by atoms with Crippen molar-refractivity contribution in [3.63, 3.8) is 0 Å². The second-order valence-corrected chi connectivity index (χ2v) is 9.08. The van der Waals surface area contributed by atoms with Crippen LogP contribution in [-0.2, 0) is 14.6 Å². The molecule has 1 unspecified atom stereocenters. The molecule has 2 aliphatic heterocycles. The normalized spacial score (nSPS) is 22.8. The molecule has 1 aromatic heterocycles. The average Bonchev–Trinajstić information content (AvgIpc) is 3.02. The summed E-state index contributed by atoms with van der Waals surface area (Å²) in [5, 5.41) is 0. The molecule has 144 valence electrons. The number of sulfone groups is 1. The lowest BCUT2D eigenvalue weighted by Crippen LogP contribution is -2.50. The topological polar surface area (TPSA) is 86.7 Å². The molecule has 1 amide bonds. The molecular weight excluding hydrogens is 354 g/mol. The van der Waals surface area contributed by atoms with Crippen LogP contribution < -0.4 is 4.90 Å². The van der Waals surface area contributed by atoms with Gasteiger partial charge in [-0.1, -0.05) is 6.92 Å². The summed E-state index contributed by atoms with van der Waals surface area (Å²) in [4.78, 5) is 27.2. The number of anilines is 1. The number of carbonyl (C=O) groups excluding carboxylic acids is 1. The van der Waals surface area contributed by atoms with Crippen molar-refractivity contribution in [3.05, 3.63) is 18.5 Å². The lowest BCUT2D eigenvalue weighted by molar-refractivity contribution is -0.131. The number of hydrogen-bond acceptors (Lipinski definition) is 7. The Labute approximate surface area is 155 Å². The zero-order valence-electron chi connectivity index (χ0n) is 15.2. The lowest BCUT2D eigenvalue weighted by Gasteiger charge is -2.35. The Hall–Kier alpha value is -1.74. The van der Waals surface area contributed by atoms with Gasteiger partial charge in [0.2, 0.25) is 11.9 Å². The van der Waals surface area contributed by atoms with Gasteiger partial charge in [-0.05, 0) is 19.0 Å². The first-order valence-electron chi connectivity index (χ1n) is 9.23. The highest BCUT2D eigenvalue weighted by Gasteiger charge is 2.32. The van der Waals surface area contributed by atoms with Crippen LogP contribution in [0.4, 0.5) is 5.95 Å². The molecule has 1 atom stereocenters. The Bertz CT molecular complexity index is 704. The van der Waals surface area contributed by atoms with E-state index in [1.807, 2.05) is 11.8 Å². The Balaban J connectivity index is 1.45. The molecule has 2 aliphatic rings. The van der Waals surface area contributed by atoms with Crippen molar-refractivity contribution in [2.45, 2.75) is 25.8 Å². The third-order valence-electron chi connectivity index (χ3n) is 5.21. The van der Waals surface area contributed by atoms with E-state index in [1.54, 1.807) is 18.5 Å². The number of aromatic nitrogens is 2. The molecule has 3 rings (SSSR count). The number of carbonyl (C=O) groups is 1. The predicted octanol–water partition coefficient (Wildman–Crippen LogP) is 0.0243. The predicted molar refractivity (Wildman–Crippen MR) is 99.7 cm³/mol. The zero-order chi connectivity index (χ0) is 18.6. The number of nitrogens with zero attached hydrogens (tertiary/aromatic N) is 5. The van der Waals surface area contributed by atoms with Crippen LogP contribution in [0.1, 0.15) is 19.8 Å². The SMILES string of the molecule is CCN(CCC(=O)N1CCN(c2ncccn2)CC1)C1CCS(=O)(=O)C1. The fourth-order valence-corrected chi connectivity index (χ4v) is 5.43. The van der Waals surface area contributed by atoms with Crippen LogP contribution in [0.15, 0.2) is 18.5 Å². The second-order valence-electron chi connectivity index (χ2n) is 6.85. The van der Waals surface area contributed by atoms with E-state index in [4.69, 9.17) is 0 Å². The minimum Gasteiger partial charge on any atom is -0.339 e. The summed E-state index contributed by atoms with van der Waals surface area (Å²) in [5.74, 6) is 1.34. The van der Waals surface area contributed by atoms with Crippen molar-refractivity contribution >= 4 is 21.7 Å². The van der Waals surface area contributed by atoms with Crippen molar-refractivity contribution in [3.8, 4) is 0 Å². The molecule has 0 aromatic carbocycles. The third-order valence-corrected chi connectivity index (χ3v) is 6.96. The van der Waals surface area contributed by atoms with Gasteiger partial charge in [-0.25, -0.2) is 18.4 Å². The van der Waals surface area contributed by atoms with Crippen molar-refractivity contribution in [2.75, 3.05) is 55.7 Å². The van der Waals surface area contributed by atoms with Gasteiger partial charge < -0.3 is 9.80 Å². The highest BCUT2D eigenvalue weighted by Crippen LogP contribution is 2.18. The molecule has 2 saturated heterocycles. The Kier molecular flexibility index (Phi) is 6.08. The Morgan fingerprint density at radius 1 is 1.23 bits per heavy atom. The highest BCUT2D eigenvalue weighted by atomic mass is 32.2. The fourth-order valence-electron chi connectivity index (χ4n) is 3.67. The van der Waals surface area contributed by atoms with Crippen molar-refractivity contribution < 1.29 is 13.2 Å². The Morgan fingerprint density at radius 2 is 1.92 bits per heavy atom. The molecule has 8 nitrogen and oxygen atoms in total. The number of piperazine rings is 1. The molecule has 2 fully saturated rings. The van der Waals surface area contributed by atoms with Gasteiger partial charge in [-0.15, -0.1) is 0 Å². The maximum Gasteiger partial charge on any atom is 0.225 e. The van der Waals surface area contributed by atoms with E-state index in [0.717, 1.165) is 19.6 Å². The first-order valence-corrected chi connectivity index (χ1v) is 11.0. The van der Waals surface area contributed by atoms with Crippen molar-refractivity contribution in [1.29, 1.82) is 0 Å². The standard InChI is InChI=1S/C17H27N5O3S/c1-2-20(15-5-13-26(24,25)14-15)8-4-16(23)21-9-11-22(12-10-21)17-18-6-3-7-19-17/h3,6-7,15H,2,4-5,8-14H2,1H3. The summed E-state index contributed by atoms with van der Waals surface area (Å²) >= 11 is 0. The van der Waals surface area contributed by atoms with Crippen LogP contribution in [0.3, 0.4) is 0 Å². The monoisotopic (exact) mass is 381 g/mol. The molecule has 26 heavy (non-hydrogen) atoms. The summed E-state index contributed by atoms with van der Waals surface area (Å²) in [5.41, 5.74) is 0. The smallest absolute Gasteiger partial charge is 0.225 e. The van der Waals surface area contributed by atoms with E-state index in [2.05, 4.69) is 19.8 Å². The minimum atomic E-state index is -2.90. The lowest BCUT2D eigenvalue weighted by atomic mass is 10.2. The van der Waals surface area contributed by atoms with E-state index in [-0.39, 0.29) is 23.5 Å². The molecule has 0 radical (unpaired) electrons. The van der Waals surface area contributed by atoms with Gasteiger partial charge in [0.1, 0.15) is 0 Å². The molecule has 0 N–H and O–H groups in total. The van der Waals surface area contributed by atoms with Gasteiger partial charge in [-0.2, -0.15) is 0 Å². The zero-order valence-corrected chi connectivity index (χ0v) is 16.1. The molecule has 1 aromatic rings. The average molecular weight is 382 g/mol. The van der Waals surface area contributed by atoms with Crippen molar-refractivity contribution in [1.82, 2.24) is 19.8 Å². The summed E-state index contributed by atoms with van der Waals surface area (Å²) in [6.07, 6.45) is 4.57. The van der Waals surface area contributed by atoms with Gasteiger partial charge in [0, 0.05) is 57.6 Å². The summed E-state index contributed by atoms with van der Waals surface area (Å²) in [6, 6.07) is 1.85. The molecule has 0 aliphatic carbocycles. The van der Waals surface area contributed by atoms with Crippen LogP contribution in [0.25, 0.3) is 0 Å². The summed E-state index contributed by atoms with van der Waals surface area (Å²) in [7, 11) is -2.90. The maximum atomic E-state index is 12.5. The summed E-state index contributed by atoms with van der Waals surface area (Å²) < 4.78 is 23.4. The first-order chi connectivity index (χ1) is 12.5. The molecule has 0 bridgehead atoms. The van der Waals surface area contributed by atoms with Gasteiger partial charge in [0.15, 0.2) is 9.84 Å². The van der Waals surface area contributed by atoms with Crippen LogP contribution in [-0.4, -0.2) is 90.9 Å². The van der Waals surface area contributed by atoms with Gasteiger partial charge >= 0.3 is 0 Å². The fraction of sp³-hybridized carbons (Fsp3) is 0.706. The highest BCUT2D eigenvalue weighted by molar-refractivity contribution is 7.91. The summed E-state index contributed by atoms with van der Waals surface area (Å²) in [6.45, 7) is 6.21. The third kappa shape index (κ3) is 4.70. The van der Waals surface area contributed by atoms with Crippen LogP contribution in [0.5, 0.6) is 0 Å². The van der Waals surface area contributed by atoms with Gasteiger partial charge in [0.25, 0.3) is 0 Å². The Morgan fingerprint density at radius 3 is 2.50 bits per heavy atom. The molecule has 9 heteroatoms. The van der Waals surface area contributed by atoms with E-state index in [9.17, 15) is 13.2 Å². The molecule has 3 heterocycles. The maximum absolute atomic E-state index is 12.5.